The second-order valence-electron chi connectivity index (χ2n) is 5.13. The lowest BCUT2D eigenvalue weighted by molar-refractivity contribution is -0.133. The zero-order chi connectivity index (χ0) is 14.5. The van der Waals surface area contributed by atoms with Crippen LogP contribution in [0, 0.1) is 0 Å². The van der Waals surface area contributed by atoms with Crippen LogP contribution in [0.1, 0.15) is 36.5 Å². The van der Waals surface area contributed by atoms with Gasteiger partial charge in [-0.05, 0) is 44.4 Å². The zero-order valence-corrected chi connectivity index (χ0v) is 11.6. The molecule has 1 aliphatic heterocycles. The first-order valence-corrected chi connectivity index (χ1v) is 6.96. The molecule has 0 radical (unpaired) electrons. The van der Waals surface area contributed by atoms with E-state index in [2.05, 4.69) is 5.32 Å². The summed E-state index contributed by atoms with van der Waals surface area (Å²) in [5.74, 6) is -0.357. The number of carbonyl (C=O) groups is 2. The van der Waals surface area contributed by atoms with Crippen LogP contribution in [0.15, 0.2) is 24.3 Å². The van der Waals surface area contributed by atoms with E-state index in [0.29, 0.717) is 5.56 Å². The predicted octanol–water partition coefficient (Wildman–Crippen LogP) is 1.52. The molecule has 5 nitrogen and oxygen atoms in total. The second kappa shape index (κ2) is 6.41. The molecular formula is C15H20N2O3. The van der Waals surface area contributed by atoms with E-state index in [4.69, 9.17) is 0 Å². The van der Waals surface area contributed by atoms with Crippen molar-refractivity contribution in [1.82, 2.24) is 10.2 Å². The van der Waals surface area contributed by atoms with Gasteiger partial charge in [-0.3, -0.25) is 9.59 Å². The summed E-state index contributed by atoms with van der Waals surface area (Å²) in [6, 6.07) is 5.53. The van der Waals surface area contributed by atoms with Gasteiger partial charge in [0, 0.05) is 18.7 Å². The molecule has 0 aliphatic carbocycles. The van der Waals surface area contributed by atoms with Gasteiger partial charge in [0.1, 0.15) is 11.8 Å². The van der Waals surface area contributed by atoms with Crippen molar-refractivity contribution in [2.75, 3.05) is 13.1 Å². The standard InChI is InChI=1S/C15H20N2O3/c1-11(15(20)17-8-3-2-4-9-17)16-14(19)12-6-5-7-13(18)10-12/h5-7,10-11,18H,2-4,8-9H2,1H3,(H,16,19). The van der Waals surface area contributed by atoms with Crippen molar-refractivity contribution in [2.24, 2.45) is 0 Å². The minimum Gasteiger partial charge on any atom is -0.508 e. The molecular weight excluding hydrogens is 256 g/mol. The molecule has 0 bridgehead atoms. The van der Waals surface area contributed by atoms with E-state index >= 15 is 0 Å². The lowest BCUT2D eigenvalue weighted by atomic mass is 10.1. The molecule has 20 heavy (non-hydrogen) atoms. The Morgan fingerprint density at radius 2 is 1.95 bits per heavy atom. The zero-order valence-electron chi connectivity index (χ0n) is 11.6. The number of benzene rings is 1. The third-order valence-electron chi connectivity index (χ3n) is 3.49. The quantitative estimate of drug-likeness (QED) is 0.879. The molecule has 1 aromatic carbocycles. The molecule has 1 saturated heterocycles. The van der Waals surface area contributed by atoms with Crippen LogP contribution in [-0.4, -0.2) is 41.0 Å². The maximum absolute atomic E-state index is 12.2. The molecule has 0 saturated carbocycles. The summed E-state index contributed by atoms with van der Waals surface area (Å²) < 4.78 is 0. The van der Waals surface area contributed by atoms with E-state index in [1.165, 1.54) is 12.1 Å². The fraction of sp³-hybridized carbons (Fsp3) is 0.467. The normalized spacial score (nSPS) is 16.6. The maximum Gasteiger partial charge on any atom is 0.252 e. The number of nitrogens with zero attached hydrogens (tertiary/aromatic N) is 1. The second-order valence-corrected chi connectivity index (χ2v) is 5.13. The highest BCUT2D eigenvalue weighted by Gasteiger charge is 2.23. The number of nitrogens with one attached hydrogen (secondary N) is 1. The Kier molecular flexibility index (Phi) is 4.61. The van der Waals surface area contributed by atoms with Crippen molar-refractivity contribution in [2.45, 2.75) is 32.2 Å². The maximum atomic E-state index is 12.2. The van der Waals surface area contributed by atoms with Crippen molar-refractivity contribution >= 4 is 11.8 Å². The average molecular weight is 276 g/mol. The molecule has 108 valence electrons. The van der Waals surface area contributed by atoms with E-state index in [1.807, 2.05) is 0 Å². The van der Waals surface area contributed by atoms with Crippen molar-refractivity contribution in [3.63, 3.8) is 0 Å². The number of phenols is 1. The van der Waals surface area contributed by atoms with Gasteiger partial charge in [-0.2, -0.15) is 0 Å². The number of likely N-dealkylation sites (tertiary alicyclic amines) is 1. The van der Waals surface area contributed by atoms with Gasteiger partial charge < -0.3 is 15.3 Å². The van der Waals surface area contributed by atoms with Crippen molar-refractivity contribution in [3.8, 4) is 5.75 Å². The van der Waals surface area contributed by atoms with Crippen LogP contribution in [-0.2, 0) is 4.79 Å². The molecule has 5 heteroatoms. The van der Waals surface area contributed by atoms with Crippen LogP contribution in [0.2, 0.25) is 0 Å². The van der Waals surface area contributed by atoms with Gasteiger partial charge in [0.2, 0.25) is 5.91 Å². The van der Waals surface area contributed by atoms with Gasteiger partial charge in [0.25, 0.3) is 5.91 Å². The first-order chi connectivity index (χ1) is 9.58. The van der Waals surface area contributed by atoms with E-state index in [9.17, 15) is 14.7 Å². The third kappa shape index (κ3) is 3.50. The van der Waals surface area contributed by atoms with Crippen LogP contribution < -0.4 is 5.32 Å². The van der Waals surface area contributed by atoms with Crippen LogP contribution >= 0.6 is 0 Å². The summed E-state index contributed by atoms with van der Waals surface area (Å²) in [6.07, 6.45) is 3.21. The fourth-order valence-electron chi connectivity index (χ4n) is 2.38. The van der Waals surface area contributed by atoms with Crippen LogP contribution in [0.4, 0.5) is 0 Å². The molecule has 1 aromatic rings. The third-order valence-corrected chi connectivity index (χ3v) is 3.49. The topological polar surface area (TPSA) is 69.6 Å². The Bertz CT molecular complexity index is 496. The molecule has 2 rings (SSSR count). The van der Waals surface area contributed by atoms with Gasteiger partial charge >= 0.3 is 0 Å². The minimum absolute atomic E-state index is 0.0349. The Labute approximate surface area is 118 Å². The number of amides is 2. The molecule has 1 atom stereocenters. The monoisotopic (exact) mass is 276 g/mol. The fourth-order valence-corrected chi connectivity index (χ4v) is 2.38. The highest BCUT2D eigenvalue weighted by molar-refractivity contribution is 5.97. The molecule has 0 aromatic heterocycles. The number of piperidine rings is 1. The summed E-state index contributed by atoms with van der Waals surface area (Å²) >= 11 is 0. The summed E-state index contributed by atoms with van der Waals surface area (Å²) in [6.45, 7) is 3.23. The van der Waals surface area contributed by atoms with Crippen molar-refractivity contribution in [1.29, 1.82) is 0 Å². The van der Waals surface area contributed by atoms with Crippen LogP contribution in [0.5, 0.6) is 5.75 Å². The number of carbonyl (C=O) groups excluding carboxylic acids is 2. The molecule has 0 spiro atoms. The highest BCUT2D eigenvalue weighted by Crippen LogP contribution is 2.12. The molecule has 2 N–H and O–H groups in total. The van der Waals surface area contributed by atoms with E-state index in [0.717, 1.165) is 32.4 Å². The first kappa shape index (κ1) is 14.4. The smallest absolute Gasteiger partial charge is 0.252 e. The van der Waals surface area contributed by atoms with Crippen LogP contribution in [0.25, 0.3) is 0 Å². The SMILES string of the molecule is CC(NC(=O)c1cccc(O)c1)C(=O)N1CCCCC1. The minimum atomic E-state index is -0.553. The van der Waals surface area contributed by atoms with E-state index in [1.54, 1.807) is 24.0 Å². The Morgan fingerprint density at radius 3 is 2.60 bits per heavy atom. The molecule has 2 amide bonds. The molecule has 1 aliphatic rings. The lowest BCUT2D eigenvalue weighted by Crippen LogP contribution is -2.48. The molecule has 1 heterocycles. The number of rotatable bonds is 3. The number of aromatic hydroxyl groups is 1. The van der Waals surface area contributed by atoms with Gasteiger partial charge in [0.15, 0.2) is 0 Å². The highest BCUT2D eigenvalue weighted by atomic mass is 16.3. The summed E-state index contributed by atoms with van der Waals surface area (Å²) in [7, 11) is 0. The Hall–Kier alpha value is -2.04. The van der Waals surface area contributed by atoms with Gasteiger partial charge in [-0.25, -0.2) is 0 Å². The van der Waals surface area contributed by atoms with Gasteiger partial charge in [0.05, 0.1) is 0 Å². The molecule has 1 fully saturated rings. The number of hydrogen-bond acceptors (Lipinski definition) is 3. The van der Waals surface area contributed by atoms with E-state index in [-0.39, 0.29) is 17.6 Å². The van der Waals surface area contributed by atoms with Crippen LogP contribution in [0.3, 0.4) is 0 Å². The van der Waals surface area contributed by atoms with Gasteiger partial charge in [-0.15, -0.1) is 0 Å². The summed E-state index contributed by atoms with van der Waals surface area (Å²) in [5.41, 5.74) is 0.350. The van der Waals surface area contributed by atoms with Crippen molar-refractivity contribution in [3.05, 3.63) is 29.8 Å². The van der Waals surface area contributed by atoms with Crippen molar-refractivity contribution < 1.29 is 14.7 Å². The predicted molar refractivity (Wildman–Crippen MR) is 75.5 cm³/mol. The Morgan fingerprint density at radius 1 is 1.25 bits per heavy atom. The lowest BCUT2D eigenvalue weighted by Gasteiger charge is -2.29. The summed E-state index contributed by atoms with van der Waals surface area (Å²) in [4.78, 5) is 26.0. The first-order valence-electron chi connectivity index (χ1n) is 6.96. The average Bonchev–Trinajstić information content (AvgIpc) is 2.47. The summed E-state index contributed by atoms with van der Waals surface area (Å²) in [5, 5.41) is 12.0. The largest absolute Gasteiger partial charge is 0.508 e. The Balaban J connectivity index is 1.94. The van der Waals surface area contributed by atoms with Gasteiger partial charge in [-0.1, -0.05) is 6.07 Å². The number of hydrogen-bond donors (Lipinski definition) is 2. The number of phenolic OH excluding ortho intramolecular Hbond substituents is 1. The molecule has 1 unspecified atom stereocenters. The van der Waals surface area contributed by atoms with E-state index < -0.39 is 6.04 Å².